The van der Waals surface area contributed by atoms with Gasteiger partial charge in [0.25, 0.3) is 0 Å². The van der Waals surface area contributed by atoms with Crippen molar-refractivity contribution in [3.05, 3.63) is 0 Å². The predicted octanol–water partition coefficient (Wildman–Crippen LogP) is 3.06. The van der Waals surface area contributed by atoms with Crippen LogP contribution in [0.3, 0.4) is 0 Å². The second-order valence-corrected chi connectivity index (χ2v) is 6.04. The zero-order valence-corrected chi connectivity index (χ0v) is 10.2. The second kappa shape index (κ2) is 3.76. The summed E-state index contributed by atoms with van der Waals surface area (Å²) in [7, 11) is 0. The van der Waals surface area contributed by atoms with Crippen molar-refractivity contribution in [2.45, 2.75) is 52.0 Å². The van der Waals surface area contributed by atoms with Crippen LogP contribution in [-0.2, 0) is 0 Å². The van der Waals surface area contributed by atoms with Gasteiger partial charge in [-0.1, -0.05) is 20.3 Å². The SMILES string of the molecule is CCCNC1C(CC)C2C3CCC(C3)C12. The Hall–Kier alpha value is -0.0400. The summed E-state index contributed by atoms with van der Waals surface area (Å²) >= 11 is 0. The van der Waals surface area contributed by atoms with Crippen LogP contribution in [0.4, 0.5) is 0 Å². The molecule has 2 bridgehead atoms. The number of fused-ring (bicyclic) bond motifs is 5. The lowest BCUT2D eigenvalue weighted by Gasteiger charge is -2.55. The van der Waals surface area contributed by atoms with Crippen LogP contribution < -0.4 is 5.32 Å². The van der Waals surface area contributed by atoms with Gasteiger partial charge in [-0.3, -0.25) is 0 Å². The fraction of sp³-hybridized carbons (Fsp3) is 1.00. The summed E-state index contributed by atoms with van der Waals surface area (Å²) in [5.74, 6) is 5.47. The molecule has 3 rings (SSSR count). The van der Waals surface area contributed by atoms with Crippen molar-refractivity contribution in [1.82, 2.24) is 5.32 Å². The van der Waals surface area contributed by atoms with Gasteiger partial charge in [-0.25, -0.2) is 0 Å². The standard InChI is InChI=1S/C14H25N/c1-3-7-15-14-11(4-2)12-9-5-6-10(8-9)13(12)14/h9-15H,3-8H2,1-2H3. The lowest BCUT2D eigenvalue weighted by molar-refractivity contribution is -0.0304. The fourth-order valence-corrected chi connectivity index (χ4v) is 5.05. The third-order valence-electron chi connectivity index (χ3n) is 5.52. The molecule has 15 heavy (non-hydrogen) atoms. The molecule has 0 aliphatic heterocycles. The van der Waals surface area contributed by atoms with Gasteiger partial charge in [0.1, 0.15) is 0 Å². The van der Waals surface area contributed by atoms with Crippen LogP contribution in [0.1, 0.15) is 46.0 Å². The van der Waals surface area contributed by atoms with Gasteiger partial charge >= 0.3 is 0 Å². The minimum absolute atomic E-state index is 0.898. The molecule has 0 amide bonds. The molecule has 1 heteroatoms. The molecular formula is C14H25N. The highest BCUT2D eigenvalue weighted by molar-refractivity contribution is 5.12. The van der Waals surface area contributed by atoms with Gasteiger partial charge < -0.3 is 5.32 Å². The normalized spacial score (nSPS) is 51.6. The first kappa shape index (κ1) is 10.1. The highest BCUT2D eigenvalue weighted by Gasteiger charge is 2.61. The summed E-state index contributed by atoms with van der Waals surface area (Å²) in [6.07, 6.45) is 7.38. The molecule has 86 valence electrons. The van der Waals surface area contributed by atoms with Gasteiger partial charge in [-0.15, -0.1) is 0 Å². The van der Waals surface area contributed by atoms with E-state index in [0.29, 0.717) is 0 Å². The van der Waals surface area contributed by atoms with E-state index < -0.39 is 0 Å². The van der Waals surface area contributed by atoms with Gasteiger partial charge in [0.15, 0.2) is 0 Å². The van der Waals surface area contributed by atoms with Crippen LogP contribution in [0.15, 0.2) is 0 Å². The zero-order chi connectivity index (χ0) is 10.4. The first-order chi connectivity index (χ1) is 7.36. The Labute approximate surface area is 94.0 Å². The van der Waals surface area contributed by atoms with E-state index in [9.17, 15) is 0 Å². The molecule has 6 unspecified atom stereocenters. The van der Waals surface area contributed by atoms with Crippen LogP contribution in [0.2, 0.25) is 0 Å². The Bertz CT molecular complexity index is 237. The highest BCUT2D eigenvalue weighted by atomic mass is 15.0. The molecule has 1 N–H and O–H groups in total. The Kier molecular flexibility index (Phi) is 2.54. The third kappa shape index (κ3) is 1.32. The Morgan fingerprint density at radius 1 is 1.07 bits per heavy atom. The summed E-state index contributed by atoms with van der Waals surface area (Å²) < 4.78 is 0. The Balaban J connectivity index is 1.68. The van der Waals surface area contributed by atoms with E-state index in [1.54, 1.807) is 19.3 Å². The predicted molar refractivity (Wildman–Crippen MR) is 63.7 cm³/mol. The maximum atomic E-state index is 3.83. The smallest absolute Gasteiger partial charge is 0.0132 e. The van der Waals surface area contributed by atoms with E-state index in [1.165, 1.54) is 19.4 Å². The van der Waals surface area contributed by atoms with Crippen LogP contribution >= 0.6 is 0 Å². The molecule has 0 aromatic carbocycles. The van der Waals surface area contributed by atoms with Gasteiger partial charge in [-0.2, -0.15) is 0 Å². The van der Waals surface area contributed by atoms with Crippen molar-refractivity contribution >= 4 is 0 Å². The lowest BCUT2D eigenvalue weighted by atomic mass is 9.54. The number of hydrogen-bond acceptors (Lipinski definition) is 1. The van der Waals surface area contributed by atoms with E-state index in [1.807, 2.05) is 0 Å². The highest BCUT2D eigenvalue weighted by Crippen LogP contribution is 2.64. The zero-order valence-electron chi connectivity index (χ0n) is 10.2. The molecule has 3 aliphatic carbocycles. The van der Waals surface area contributed by atoms with Crippen LogP contribution in [-0.4, -0.2) is 12.6 Å². The van der Waals surface area contributed by atoms with E-state index in [4.69, 9.17) is 0 Å². The minimum Gasteiger partial charge on any atom is -0.313 e. The summed E-state index contributed by atoms with van der Waals surface area (Å²) in [6, 6.07) is 0.898. The van der Waals surface area contributed by atoms with Crippen molar-refractivity contribution in [2.75, 3.05) is 6.54 Å². The average Bonchev–Trinajstić information content (AvgIpc) is 2.76. The molecule has 6 atom stereocenters. The van der Waals surface area contributed by atoms with E-state index >= 15 is 0 Å². The average molecular weight is 207 g/mol. The maximum Gasteiger partial charge on any atom is 0.0132 e. The molecule has 3 fully saturated rings. The van der Waals surface area contributed by atoms with Crippen LogP contribution in [0.25, 0.3) is 0 Å². The van der Waals surface area contributed by atoms with Crippen LogP contribution in [0.5, 0.6) is 0 Å². The largest absolute Gasteiger partial charge is 0.313 e. The van der Waals surface area contributed by atoms with Crippen molar-refractivity contribution < 1.29 is 0 Å². The first-order valence-electron chi connectivity index (χ1n) is 7.10. The van der Waals surface area contributed by atoms with E-state index in [2.05, 4.69) is 19.2 Å². The second-order valence-electron chi connectivity index (χ2n) is 6.04. The molecule has 0 aromatic heterocycles. The molecule has 1 nitrogen and oxygen atoms in total. The molecule has 0 spiro atoms. The van der Waals surface area contributed by atoms with E-state index in [0.717, 1.165) is 35.6 Å². The van der Waals surface area contributed by atoms with Gasteiger partial charge in [-0.05, 0) is 61.8 Å². The summed E-state index contributed by atoms with van der Waals surface area (Å²) in [5.41, 5.74) is 0. The Morgan fingerprint density at radius 3 is 2.47 bits per heavy atom. The maximum absolute atomic E-state index is 3.83. The van der Waals surface area contributed by atoms with Crippen molar-refractivity contribution in [3.8, 4) is 0 Å². The topological polar surface area (TPSA) is 12.0 Å². The molecule has 3 saturated carbocycles. The van der Waals surface area contributed by atoms with Crippen molar-refractivity contribution in [2.24, 2.45) is 29.6 Å². The van der Waals surface area contributed by atoms with Gasteiger partial charge in [0.05, 0.1) is 0 Å². The molecule has 0 heterocycles. The number of rotatable bonds is 4. The van der Waals surface area contributed by atoms with Gasteiger partial charge in [0.2, 0.25) is 0 Å². The summed E-state index contributed by atoms with van der Waals surface area (Å²) in [4.78, 5) is 0. The molecular weight excluding hydrogens is 182 g/mol. The third-order valence-corrected chi connectivity index (χ3v) is 5.52. The molecule has 0 radical (unpaired) electrons. The quantitative estimate of drug-likeness (QED) is 0.747. The van der Waals surface area contributed by atoms with Crippen molar-refractivity contribution in [1.29, 1.82) is 0 Å². The first-order valence-corrected chi connectivity index (χ1v) is 7.10. The molecule has 0 aromatic rings. The molecule has 0 saturated heterocycles. The minimum atomic E-state index is 0.898. The monoisotopic (exact) mass is 207 g/mol. The summed E-state index contributed by atoms with van der Waals surface area (Å²) in [6.45, 7) is 5.92. The van der Waals surface area contributed by atoms with Gasteiger partial charge in [0, 0.05) is 6.04 Å². The summed E-state index contributed by atoms with van der Waals surface area (Å²) in [5, 5.41) is 3.83. The van der Waals surface area contributed by atoms with Crippen molar-refractivity contribution in [3.63, 3.8) is 0 Å². The fourth-order valence-electron chi connectivity index (χ4n) is 5.05. The van der Waals surface area contributed by atoms with E-state index in [-0.39, 0.29) is 0 Å². The number of nitrogens with one attached hydrogen (secondary N) is 1. The number of hydrogen-bond donors (Lipinski definition) is 1. The lowest BCUT2D eigenvalue weighted by Crippen LogP contribution is -2.60. The van der Waals surface area contributed by atoms with Crippen LogP contribution in [0, 0.1) is 29.6 Å². The molecule has 3 aliphatic rings. The Morgan fingerprint density at radius 2 is 1.80 bits per heavy atom.